The Balaban J connectivity index is 1.31. The number of fused-ring (bicyclic) bond motifs is 2. The van der Waals surface area contributed by atoms with Crippen molar-refractivity contribution in [3.63, 3.8) is 0 Å². The van der Waals surface area contributed by atoms with Crippen LogP contribution < -0.4 is 20.5 Å². The van der Waals surface area contributed by atoms with Crippen LogP contribution >= 0.6 is 0 Å². The highest BCUT2D eigenvalue weighted by atomic mass is 16.5. The molecule has 2 amide bonds. The van der Waals surface area contributed by atoms with E-state index in [1.54, 1.807) is 6.92 Å². The second-order valence-corrected chi connectivity index (χ2v) is 12.2. The van der Waals surface area contributed by atoms with Gasteiger partial charge in [-0.3, -0.25) is 14.9 Å². The Labute approximate surface area is 227 Å². The fourth-order valence-corrected chi connectivity index (χ4v) is 7.83. The van der Waals surface area contributed by atoms with Crippen LogP contribution in [0.25, 0.3) is 0 Å². The van der Waals surface area contributed by atoms with E-state index in [9.17, 15) is 9.59 Å². The van der Waals surface area contributed by atoms with Crippen molar-refractivity contribution in [3.05, 3.63) is 23.8 Å². The molecule has 4 heterocycles. The van der Waals surface area contributed by atoms with Crippen molar-refractivity contribution in [2.45, 2.75) is 102 Å². The average Bonchev–Trinajstić information content (AvgIpc) is 3.59. The smallest absolute Gasteiger partial charge is 0.256 e. The first-order valence-electron chi connectivity index (χ1n) is 15.1. The molecule has 8 nitrogen and oxygen atoms in total. The van der Waals surface area contributed by atoms with Gasteiger partial charge in [0, 0.05) is 39.2 Å². The number of nitrogens with one attached hydrogen (secondary N) is 2. The molecule has 4 unspecified atom stereocenters. The number of anilines is 2. The first-order chi connectivity index (χ1) is 18.5. The molecule has 3 saturated heterocycles. The third-order valence-electron chi connectivity index (χ3n) is 9.68. The maximum atomic E-state index is 13.6. The number of ether oxygens (including phenoxy) is 1. The van der Waals surface area contributed by atoms with E-state index in [1.165, 1.54) is 50.5 Å². The second-order valence-electron chi connectivity index (χ2n) is 12.2. The standard InChI is InChI=1S/C30H45N5O3/c1-20-19-33(30(37)28-11-8-16-38-28)27-17-23(12-13-26(27)35(20)21(2)36)25-18-24(29-31-14-15-34(29)32-25)22-9-6-4-3-5-7-10-22/h12-13,17,20,22,24-25,28-29,31-32H,3-11,14-16,18-19H2,1-2H3/t20-,24?,25?,28?,29?/m0/s1. The molecule has 6 rings (SSSR count). The predicted molar refractivity (Wildman–Crippen MR) is 149 cm³/mol. The molecular weight excluding hydrogens is 478 g/mol. The fraction of sp³-hybridized carbons (Fsp3) is 0.733. The summed E-state index contributed by atoms with van der Waals surface area (Å²) in [5.74, 6) is 1.41. The number of hydrogen-bond acceptors (Lipinski definition) is 6. The highest BCUT2D eigenvalue weighted by molar-refractivity contribution is 6.05. The van der Waals surface area contributed by atoms with Crippen LogP contribution in [0.4, 0.5) is 11.4 Å². The molecular formula is C30H45N5O3. The van der Waals surface area contributed by atoms with Crippen LogP contribution in [-0.4, -0.2) is 61.4 Å². The summed E-state index contributed by atoms with van der Waals surface area (Å²) in [4.78, 5) is 30.0. The van der Waals surface area contributed by atoms with Crippen molar-refractivity contribution in [2.75, 3.05) is 36.0 Å². The van der Waals surface area contributed by atoms with Crippen molar-refractivity contribution in [1.29, 1.82) is 0 Å². The van der Waals surface area contributed by atoms with Crippen LogP contribution in [0, 0.1) is 11.8 Å². The molecule has 1 saturated carbocycles. The number of nitrogens with zero attached hydrogens (tertiary/aromatic N) is 3. The SMILES string of the molecule is CC(=O)N1c2ccc(C3CC(C4CCCCCCC4)C4NCCN4N3)cc2N(C(=O)C2CCCO2)C[C@@H]1C. The molecule has 0 radical (unpaired) electrons. The highest BCUT2D eigenvalue weighted by Gasteiger charge is 2.43. The molecule has 1 aromatic rings. The molecule has 38 heavy (non-hydrogen) atoms. The molecule has 1 aliphatic carbocycles. The van der Waals surface area contributed by atoms with E-state index in [0.29, 0.717) is 25.2 Å². The molecule has 4 fully saturated rings. The molecule has 4 aliphatic heterocycles. The molecule has 5 aliphatic rings. The minimum Gasteiger partial charge on any atom is -0.368 e. The van der Waals surface area contributed by atoms with Crippen LogP contribution in [0.1, 0.15) is 89.7 Å². The molecule has 5 atom stereocenters. The zero-order valence-corrected chi connectivity index (χ0v) is 23.2. The van der Waals surface area contributed by atoms with E-state index in [0.717, 1.165) is 49.6 Å². The van der Waals surface area contributed by atoms with Gasteiger partial charge in [0.25, 0.3) is 5.91 Å². The van der Waals surface area contributed by atoms with E-state index >= 15 is 0 Å². The molecule has 0 aromatic heterocycles. The second kappa shape index (κ2) is 11.2. The lowest BCUT2D eigenvalue weighted by atomic mass is 9.75. The Bertz CT molecular complexity index is 1020. The lowest BCUT2D eigenvalue weighted by molar-refractivity contribution is -0.127. The molecule has 0 bridgehead atoms. The summed E-state index contributed by atoms with van der Waals surface area (Å²) in [6.07, 6.45) is 12.3. The topological polar surface area (TPSA) is 77.2 Å². The van der Waals surface area contributed by atoms with Crippen LogP contribution in [0.5, 0.6) is 0 Å². The van der Waals surface area contributed by atoms with Crippen molar-refractivity contribution in [3.8, 4) is 0 Å². The van der Waals surface area contributed by atoms with Crippen LogP contribution in [0.3, 0.4) is 0 Å². The zero-order chi connectivity index (χ0) is 26.2. The summed E-state index contributed by atoms with van der Waals surface area (Å²) in [5.41, 5.74) is 6.72. The maximum Gasteiger partial charge on any atom is 0.256 e. The van der Waals surface area contributed by atoms with Gasteiger partial charge in [0.2, 0.25) is 5.91 Å². The van der Waals surface area contributed by atoms with E-state index < -0.39 is 0 Å². The number of hydrogen-bond donors (Lipinski definition) is 2. The van der Waals surface area contributed by atoms with Crippen molar-refractivity contribution >= 4 is 23.2 Å². The summed E-state index contributed by atoms with van der Waals surface area (Å²) >= 11 is 0. The van der Waals surface area contributed by atoms with Gasteiger partial charge in [0.15, 0.2) is 0 Å². The summed E-state index contributed by atoms with van der Waals surface area (Å²) in [7, 11) is 0. The first-order valence-corrected chi connectivity index (χ1v) is 15.1. The third kappa shape index (κ3) is 5.01. The number of carbonyl (C=O) groups is 2. The van der Waals surface area contributed by atoms with Gasteiger partial charge in [0.1, 0.15) is 6.10 Å². The molecule has 1 aromatic carbocycles. The zero-order valence-electron chi connectivity index (χ0n) is 23.2. The number of benzene rings is 1. The summed E-state index contributed by atoms with van der Waals surface area (Å²) in [5, 5.41) is 6.23. The average molecular weight is 524 g/mol. The van der Waals surface area contributed by atoms with Gasteiger partial charge < -0.3 is 14.5 Å². The third-order valence-corrected chi connectivity index (χ3v) is 9.68. The van der Waals surface area contributed by atoms with Crippen LogP contribution in [0.2, 0.25) is 0 Å². The lowest BCUT2D eigenvalue weighted by Crippen LogP contribution is -2.57. The Kier molecular flexibility index (Phi) is 7.76. The fourth-order valence-electron chi connectivity index (χ4n) is 7.83. The van der Waals surface area contributed by atoms with E-state index in [1.807, 2.05) is 16.7 Å². The molecule has 208 valence electrons. The molecule has 8 heteroatoms. The Morgan fingerprint density at radius 2 is 1.79 bits per heavy atom. The van der Waals surface area contributed by atoms with Gasteiger partial charge in [-0.15, -0.1) is 0 Å². The maximum absolute atomic E-state index is 13.6. The van der Waals surface area contributed by atoms with Crippen molar-refractivity contribution in [2.24, 2.45) is 11.8 Å². The van der Waals surface area contributed by atoms with E-state index in [2.05, 4.69) is 34.0 Å². The molecule has 2 N–H and O–H groups in total. The minimum absolute atomic E-state index is 0.0156. The molecule has 0 spiro atoms. The van der Waals surface area contributed by atoms with Gasteiger partial charge in [-0.2, -0.15) is 0 Å². The number of hydrazine groups is 1. The van der Waals surface area contributed by atoms with Gasteiger partial charge in [0.05, 0.1) is 23.6 Å². The lowest BCUT2D eigenvalue weighted by Gasteiger charge is -2.46. The van der Waals surface area contributed by atoms with Crippen LogP contribution in [-0.2, 0) is 14.3 Å². The predicted octanol–water partition coefficient (Wildman–Crippen LogP) is 4.11. The Morgan fingerprint density at radius 3 is 2.53 bits per heavy atom. The number of rotatable bonds is 3. The van der Waals surface area contributed by atoms with E-state index in [-0.39, 0.29) is 30.0 Å². The van der Waals surface area contributed by atoms with Crippen LogP contribution in [0.15, 0.2) is 18.2 Å². The van der Waals surface area contributed by atoms with E-state index in [4.69, 9.17) is 4.74 Å². The first kappa shape index (κ1) is 26.2. The highest BCUT2D eigenvalue weighted by Crippen LogP contribution is 2.43. The summed E-state index contributed by atoms with van der Waals surface area (Å²) in [6, 6.07) is 6.54. The Morgan fingerprint density at radius 1 is 1.00 bits per heavy atom. The monoisotopic (exact) mass is 523 g/mol. The summed E-state index contributed by atoms with van der Waals surface area (Å²) in [6.45, 7) is 6.81. The van der Waals surface area contributed by atoms with Crippen molar-refractivity contribution in [1.82, 2.24) is 15.8 Å². The van der Waals surface area contributed by atoms with Crippen molar-refractivity contribution < 1.29 is 14.3 Å². The quantitative estimate of drug-likeness (QED) is 0.621. The van der Waals surface area contributed by atoms with Gasteiger partial charge in [-0.25, -0.2) is 10.4 Å². The Hall–Kier alpha value is -2.00. The van der Waals surface area contributed by atoms with Gasteiger partial charge in [-0.1, -0.05) is 51.0 Å². The van der Waals surface area contributed by atoms with Gasteiger partial charge >= 0.3 is 0 Å². The number of amides is 2. The van der Waals surface area contributed by atoms with Gasteiger partial charge in [-0.05, 0) is 55.7 Å². The largest absolute Gasteiger partial charge is 0.368 e. The minimum atomic E-state index is -0.379. The normalized spacial score (nSPS) is 32.9. The number of carbonyl (C=O) groups excluding carboxylic acids is 2. The summed E-state index contributed by atoms with van der Waals surface area (Å²) < 4.78 is 5.79.